The van der Waals surface area contributed by atoms with E-state index in [2.05, 4.69) is 15.5 Å². The maximum Gasteiger partial charge on any atom is 0.151 e. The summed E-state index contributed by atoms with van der Waals surface area (Å²) in [5, 5.41) is 11.2. The fourth-order valence-corrected chi connectivity index (χ4v) is 1.17. The van der Waals surface area contributed by atoms with Crippen LogP contribution in [0, 0.1) is 0 Å². The monoisotopic (exact) mass is 175 g/mol. The molecule has 11 heavy (non-hydrogen) atoms. The average Bonchev–Trinajstić information content (AvgIpc) is 2.33. The summed E-state index contributed by atoms with van der Waals surface area (Å²) >= 11 is 0. The van der Waals surface area contributed by atoms with Crippen LogP contribution in [0.15, 0.2) is 0 Å². The van der Waals surface area contributed by atoms with Crippen LogP contribution in [0.25, 0.3) is 0 Å². The Kier molecular flexibility index (Phi) is 2.41. The summed E-state index contributed by atoms with van der Waals surface area (Å²) in [6.45, 7) is 0.766. The molecule has 0 saturated heterocycles. The Hall–Kier alpha value is -0.680. The van der Waals surface area contributed by atoms with Crippen molar-refractivity contribution in [1.29, 1.82) is 0 Å². The van der Waals surface area contributed by atoms with Crippen LogP contribution in [0.2, 0.25) is 0 Å². The highest BCUT2D eigenvalue weighted by molar-refractivity contribution is 5.85. The maximum atomic E-state index is 5.69. The molecule has 2 rings (SSSR count). The third-order valence-electron chi connectivity index (χ3n) is 1.75. The lowest BCUT2D eigenvalue weighted by molar-refractivity contribution is 0.418. The molecule has 0 aliphatic carbocycles. The van der Waals surface area contributed by atoms with Crippen LogP contribution in [-0.2, 0) is 13.0 Å². The Morgan fingerprint density at radius 1 is 1.55 bits per heavy atom. The highest BCUT2D eigenvalue weighted by atomic mass is 35.5. The summed E-state index contributed by atoms with van der Waals surface area (Å²) in [6, 6.07) is 0.232. The van der Waals surface area contributed by atoms with Gasteiger partial charge in [-0.15, -0.1) is 17.5 Å². The molecule has 5 nitrogen and oxygen atoms in total. The Bertz CT molecular complexity index is 235. The summed E-state index contributed by atoms with van der Waals surface area (Å²) < 4.78 is 1.77. The van der Waals surface area contributed by atoms with E-state index in [4.69, 9.17) is 5.73 Å². The van der Waals surface area contributed by atoms with Crippen molar-refractivity contribution in [2.24, 2.45) is 5.73 Å². The zero-order valence-corrected chi connectivity index (χ0v) is 6.79. The van der Waals surface area contributed by atoms with Gasteiger partial charge in [-0.3, -0.25) is 0 Å². The molecule has 6 heteroatoms. The zero-order valence-electron chi connectivity index (χ0n) is 5.97. The Morgan fingerprint density at radius 3 is 3.18 bits per heavy atom. The number of hydrogen-bond donors (Lipinski definition) is 1. The number of hydrogen-bond acceptors (Lipinski definition) is 4. The second kappa shape index (κ2) is 3.15. The van der Waals surface area contributed by atoms with Crippen LogP contribution < -0.4 is 5.73 Å². The third-order valence-corrected chi connectivity index (χ3v) is 1.75. The van der Waals surface area contributed by atoms with Gasteiger partial charge in [0.1, 0.15) is 0 Å². The highest BCUT2D eigenvalue weighted by Gasteiger charge is 2.16. The summed E-state index contributed by atoms with van der Waals surface area (Å²) in [5.74, 6) is 0.960. The second-order valence-electron chi connectivity index (χ2n) is 2.58. The van der Waals surface area contributed by atoms with Gasteiger partial charge < -0.3 is 5.73 Å². The topological polar surface area (TPSA) is 69.6 Å². The van der Waals surface area contributed by atoms with Crippen LogP contribution in [-0.4, -0.2) is 26.2 Å². The molecule has 0 aromatic carbocycles. The average molecular weight is 176 g/mol. The predicted molar refractivity (Wildman–Crippen MR) is 41.4 cm³/mol. The molecule has 0 fully saturated rings. The molecule has 0 bridgehead atoms. The van der Waals surface area contributed by atoms with Gasteiger partial charge in [0.25, 0.3) is 0 Å². The number of tetrazole rings is 1. The van der Waals surface area contributed by atoms with Gasteiger partial charge in [0, 0.05) is 12.5 Å². The quantitative estimate of drug-likeness (QED) is 0.570. The van der Waals surface area contributed by atoms with Gasteiger partial charge in [0.2, 0.25) is 0 Å². The lowest BCUT2D eigenvalue weighted by atomic mass is 10.1. The van der Waals surface area contributed by atoms with Crippen molar-refractivity contribution in [3.05, 3.63) is 5.82 Å². The maximum absolute atomic E-state index is 5.69. The standard InChI is InChI=1S/C5H9N5.ClH/c6-4-1-2-5-7-8-9-10(5)3-4;/h4H,1-3,6H2;1H. The molecule has 0 radical (unpaired) electrons. The van der Waals surface area contributed by atoms with E-state index in [-0.39, 0.29) is 18.4 Å². The van der Waals surface area contributed by atoms with E-state index in [0.717, 1.165) is 25.2 Å². The lowest BCUT2D eigenvalue weighted by Gasteiger charge is -2.16. The first-order valence-corrected chi connectivity index (χ1v) is 3.37. The molecule has 2 heterocycles. The molecule has 1 unspecified atom stereocenters. The van der Waals surface area contributed by atoms with Crippen molar-refractivity contribution < 1.29 is 0 Å². The number of rotatable bonds is 0. The van der Waals surface area contributed by atoms with E-state index < -0.39 is 0 Å². The van der Waals surface area contributed by atoms with Crippen LogP contribution >= 0.6 is 12.4 Å². The molecule has 62 valence electrons. The first-order valence-electron chi connectivity index (χ1n) is 3.37. The van der Waals surface area contributed by atoms with Gasteiger partial charge in [-0.25, -0.2) is 4.68 Å². The third kappa shape index (κ3) is 1.49. The van der Waals surface area contributed by atoms with Crippen molar-refractivity contribution >= 4 is 12.4 Å². The van der Waals surface area contributed by atoms with Crippen LogP contribution in [0.4, 0.5) is 0 Å². The minimum absolute atomic E-state index is 0. The smallest absolute Gasteiger partial charge is 0.151 e. The second-order valence-corrected chi connectivity index (χ2v) is 2.58. The first kappa shape index (κ1) is 8.42. The minimum Gasteiger partial charge on any atom is -0.326 e. The van der Waals surface area contributed by atoms with Gasteiger partial charge in [0.15, 0.2) is 5.82 Å². The molecule has 0 saturated carbocycles. The van der Waals surface area contributed by atoms with Crippen molar-refractivity contribution in [2.75, 3.05) is 0 Å². The molecule has 2 N–H and O–H groups in total. The summed E-state index contributed by atoms with van der Waals surface area (Å²) in [5.41, 5.74) is 5.69. The summed E-state index contributed by atoms with van der Waals surface area (Å²) in [4.78, 5) is 0. The van der Waals surface area contributed by atoms with Crippen LogP contribution in [0.1, 0.15) is 12.2 Å². The molecular weight excluding hydrogens is 166 g/mol. The first-order chi connectivity index (χ1) is 4.86. The van der Waals surface area contributed by atoms with Gasteiger partial charge in [0.05, 0.1) is 6.54 Å². The Balaban J connectivity index is 0.000000605. The predicted octanol–water partition coefficient (Wildman–Crippen LogP) is -0.632. The fourth-order valence-electron chi connectivity index (χ4n) is 1.17. The molecule has 1 aromatic heterocycles. The van der Waals surface area contributed by atoms with Gasteiger partial charge in [-0.05, 0) is 16.8 Å². The molecule has 1 aliphatic heterocycles. The number of halogens is 1. The normalized spacial score (nSPS) is 22.1. The molecule has 0 amide bonds. The van der Waals surface area contributed by atoms with Gasteiger partial charge in [-0.1, -0.05) is 0 Å². The van der Waals surface area contributed by atoms with E-state index in [1.165, 1.54) is 0 Å². The van der Waals surface area contributed by atoms with E-state index in [9.17, 15) is 0 Å². The Labute approximate surface area is 70.4 Å². The number of aromatic nitrogens is 4. The molecule has 1 atom stereocenters. The molecule has 1 aromatic rings. The van der Waals surface area contributed by atoms with Crippen LogP contribution in [0.5, 0.6) is 0 Å². The highest BCUT2D eigenvalue weighted by Crippen LogP contribution is 2.07. The molecule has 1 aliphatic rings. The number of nitrogens with zero attached hydrogens (tertiary/aromatic N) is 4. The minimum atomic E-state index is 0. The SMILES string of the molecule is Cl.NC1CCc2nnnn2C1. The number of nitrogens with two attached hydrogens (primary N) is 1. The van der Waals surface area contributed by atoms with E-state index in [0.29, 0.717) is 0 Å². The van der Waals surface area contributed by atoms with Gasteiger partial charge in [-0.2, -0.15) is 0 Å². The fraction of sp³-hybridized carbons (Fsp3) is 0.800. The summed E-state index contributed by atoms with van der Waals surface area (Å²) in [6.07, 6.45) is 1.91. The lowest BCUT2D eigenvalue weighted by Crippen LogP contribution is -2.32. The molecule has 0 spiro atoms. The summed E-state index contributed by atoms with van der Waals surface area (Å²) in [7, 11) is 0. The number of fused-ring (bicyclic) bond motifs is 1. The largest absolute Gasteiger partial charge is 0.326 e. The number of aryl methyl sites for hydroxylation is 1. The zero-order chi connectivity index (χ0) is 6.97. The van der Waals surface area contributed by atoms with E-state index in [1.807, 2.05) is 0 Å². The van der Waals surface area contributed by atoms with Crippen molar-refractivity contribution in [2.45, 2.75) is 25.4 Å². The molecular formula is C5H10ClN5. The van der Waals surface area contributed by atoms with E-state index in [1.54, 1.807) is 4.68 Å². The van der Waals surface area contributed by atoms with Crippen molar-refractivity contribution in [3.8, 4) is 0 Å². The van der Waals surface area contributed by atoms with Crippen molar-refractivity contribution in [1.82, 2.24) is 20.2 Å². The van der Waals surface area contributed by atoms with Gasteiger partial charge >= 0.3 is 0 Å². The van der Waals surface area contributed by atoms with E-state index >= 15 is 0 Å². The van der Waals surface area contributed by atoms with Crippen molar-refractivity contribution in [3.63, 3.8) is 0 Å². The van der Waals surface area contributed by atoms with Crippen LogP contribution in [0.3, 0.4) is 0 Å². The Morgan fingerprint density at radius 2 is 2.36 bits per heavy atom.